The number of amides is 2. The number of nitrogens with zero attached hydrogens (tertiary/aromatic N) is 2. The van der Waals surface area contributed by atoms with Gasteiger partial charge < -0.3 is 37.6 Å². The fourth-order valence-corrected chi connectivity index (χ4v) is 6.78. The van der Waals surface area contributed by atoms with Crippen molar-refractivity contribution in [3.05, 3.63) is 199 Å². The summed E-state index contributed by atoms with van der Waals surface area (Å²) in [5.41, 5.74) is 22.9. The molecule has 8 rings (SSSR count). The Balaban J connectivity index is 0.914. The van der Waals surface area contributed by atoms with Crippen molar-refractivity contribution < 1.29 is 14.2 Å². The molecular weight excluding hydrogens is 761 g/mol. The van der Waals surface area contributed by atoms with Crippen LogP contribution in [0.1, 0.15) is 26.4 Å². The van der Waals surface area contributed by atoms with Crippen molar-refractivity contribution in [1.82, 2.24) is 4.98 Å². The summed E-state index contributed by atoms with van der Waals surface area (Å²) >= 11 is 0. The van der Waals surface area contributed by atoms with E-state index in [2.05, 4.69) is 36.9 Å². The van der Waals surface area contributed by atoms with Gasteiger partial charge >= 0.3 is 0 Å². The van der Waals surface area contributed by atoms with Gasteiger partial charge in [-0.1, -0.05) is 54.6 Å². The first kappa shape index (κ1) is 39.2. The van der Waals surface area contributed by atoms with Crippen LogP contribution in [0.15, 0.2) is 182 Å². The number of hydrogen-bond donors (Lipinski definition) is 8. The molecule has 2 heterocycles. The lowest BCUT2D eigenvalue weighted by molar-refractivity contribution is -0.579. The fraction of sp³-hybridized carbons (Fsp3) is 0.0204. The highest BCUT2D eigenvalue weighted by molar-refractivity contribution is 6.06. The molecule has 0 bridgehead atoms. The van der Waals surface area contributed by atoms with Crippen LogP contribution in [0.3, 0.4) is 0 Å². The predicted octanol–water partition coefficient (Wildman–Crippen LogP) is 10.3. The zero-order valence-electron chi connectivity index (χ0n) is 33.2. The number of nitrogens with one attached hydrogen (secondary N) is 6. The Morgan fingerprint density at radius 3 is 1.57 bits per heavy atom. The first-order chi connectivity index (χ1) is 29.7. The molecular formula is C49H43N10O2+. The molecule has 61 heavy (non-hydrogen) atoms. The number of nitrogens with two attached hydrogens (primary N) is 2. The highest BCUT2D eigenvalue weighted by Crippen LogP contribution is 2.27. The van der Waals surface area contributed by atoms with Crippen LogP contribution < -0.4 is 47.9 Å². The van der Waals surface area contributed by atoms with Crippen molar-refractivity contribution in [2.45, 2.75) is 6.92 Å². The van der Waals surface area contributed by atoms with Crippen molar-refractivity contribution >= 4 is 80.3 Å². The van der Waals surface area contributed by atoms with Crippen LogP contribution in [0.25, 0.3) is 5.69 Å². The second-order valence-corrected chi connectivity index (χ2v) is 14.2. The van der Waals surface area contributed by atoms with Gasteiger partial charge in [0.2, 0.25) is 0 Å². The van der Waals surface area contributed by atoms with Crippen molar-refractivity contribution in [3.8, 4) is 5.69 Å². The minimum absolute atomic E-state index is 0.232. The van der Waals surface area contributed by atoms with Gasteiger partial charge in [0.15, 0.2) is 5.69 Å². The second-order valence-electron chi connectivity index (χ2n) is 14.2. The number of hydrogen-bond acceptors (Lipinski definition) is 9. The van der Waals surface area contributed by atoms with Crippen LogP contribution in [0.4, 0.5) is 68.5 Å². The third kappa shape index (κ3) is 10.1. The van der Waals surface area contributed by atoms with Crippen LogP contribution in [-0.4, -0.2) is 16.8 Å². The van der Waals surface area contributed by atoms with E-state index in [1.54, 1.807) is 30.3 Å². The monoisotopic (exact) mass is 803 g/mol. The smallest absolute Gasteiger partial charge is 0.279 e. The molecule has 0 radical (unpaired) electrons. The van der Waals surface area contributed by atoms with Gasteiger partial charge in [0, 0.05) is 74.5 Å². The molecule has 0 saturated heterocycles. The van der Waals surface area contributed by atoms with Gasteiger partial charge in [-0.3, -0.25) is 15.3 Å². The average Bonchev–Trinajstić information content (AvgIpc) is 3.24. The van der Waals surface area contributed by atoms with E-state index in [1.807, 2.05) is 163 Å². The lowest BCUT2D eigenvalue weighted by Crippen LogP contribution is -2.34. The number of aromatic nitrogens is 2. The Morgan fingerprint density at radius 1 is 0.459 bits per heavy atom. The van der Waals surface area contributed by atoms with Crippen LogP contribution in [-0.2, 0) is 0 Å². The topological polar surface area (TPSA) is 175 Å². The summed E-state index contributed by atoms with van der Waals surface area (Å²) in [6, 6.07) is 54.7. The maximum Gasteiger partial charge on any atom is 0.279 e. The summed E-state index contributed by atoms with van der Waals surface area (Å²) in [7, 11) is 0. The number of pyridine rings is 2. The van der Waals surface area contributed by atoms with E-state index >= 15 is 0 Å². The second kappa shape index (κ2) is 17.9. The van der Waals surface area contributed by atoms with E-state index < -0.39 is 0 Å². The Hall–Kier alpha value is -8.64. The van der Waals surface area contributed by atoms with Crippen molar-refractivity contribution in [1.29, 1.82) is 0 Å². The molecule has 0 spiro atoms. The van der Waals surface area contributed by atoms with Gasteiger partial charge in [0.1, 0.15) is 5.82 Å². The first-order valence-electron chi connectivity index (χ1n) is 19.5. The Kier molecular flexibility index (Phi) is 11.5. The third-order valence-corrected chi connectivity index (χ3v) is 9.53. The van der Waals surface area contributed by atoms with Gasteiger partial charge in [-0.25, -0.2) is 4.98 Å². The molecule has 0 aliphatic carbocycles. The Bertz CT molecular complexity index is 2850. The molecule has 6 aromatic carbocycles. The molecule has 0 saturated carbocycles. The number of carbonyl (C=O) groups is 2. The standard InChI is InChI=1S/C49H42N10O2/c1-32-25-43(30-46(50)52-32)55-37-16-8-12-34(27-37)49(61)58-41-20-10-18-39(29-41)56-44-21-5-6-22-45(44)59-24-23-42(31-47(59)51)54-36-15-7-11-33(26-36)48(60)57-40-19-9-17-38(28-40)53-35-13-3-2-4-14-35/h2-31,53,56H,1H3,(H7,50,51,52,54,55,57,58,60,61)/p+1. The number of carbonyl (C=O) groups excluding carboxylic acids is 2. The maximum absolute atomic E-state index is 13.4. The zero-order chi connectivity index (χ0) is 42.1. The Labute approximate surface area is 353 Å². The van der Waals surface area contributed by atoms with E-state index in [4.69, 9.17) is 11.5 Å². The Morgan fingerprint density at radius 2 is 0.951 bits per heavy atom. The van der Waals surface area contributed by atoms with E-state index in [0.29, 0.717) is 34.1 Å². The minimum Gasteiger partial charge on any atom is -0.384 e. The summed E-state index contributed by atoms with van der Waals surface area (Å²) in [6.45, 7) is 1.87. The number of benzene rings is 6. The maximum atomic E-state index is 13.4. The molecule has 0 aliphatic heterocycles. The highest BCUT2D eigenvalue weighted by atomic mass is 16.2. The van der Waals surface area contributed by atoms with Gasteiger partial charge in [-0.15, -0.1) is 0 Å². The van der Waals surface area contributed by atoms with E-state index in [1.165, 1.54) is 0 Å². The number of aryl methyl sites for hydroxylation is 1. The van der Waals surface area contributed by atoms with Crippen molar-refractivity contribution in [3.63, 3.8) is 0 Å². The largest absolute Gasteiger partial charge is 0.384 e. The summed E-state index contributed by atoms with van der Waals surface area (Å²) < 4.78 is 1.88. The summed E-state index contributed by atoms with van der Waals surface area (Å²) in [6.07, 6.45) is 1.88. The van der Waals surface area contributed by atoms with Crippen LogP contribution in [0.5, 0.6) is 0 Å². The molecule has 300 valence electrons. The fourth-order valence-electron chi connectivity index (χ4n) is 6.78. The molecule has 0 aliphatic rings. The molecule has 2 aromatic heterocycles. The molecule has 12 nitrogen and oxygen atoms in total. The molecule has 8 aromatic rings. The predicted molar refractivity (Wildman–Crippen MR) is 247 cm³/mol. The van der Waals surface area contributed by atoms with E-state index in [9.17, 15) is 9.59 Å². The zero-order valence-corrected chi connectivity index (χ0v) is 33.2. The number of rotatable bonds is 13. The van der Waals surface area contributed by atoms with Gasteiger partial charge in [-0.05, 0) is 110 Å². The molecule has 2 amide bonds. The molecule has 12 heteroatoms. The van der Waals surface area contributed by atoms with Crippen LogP contribution >= 0.6 is 0 Å². The highest BCUT2D eigenvalue weighted by Gasteiger charge is 2.15. The number of anilines is 12. The third-order valence-electron chi connectivity index (χ3n) is 9.53. The van der Waals surface area contributed by atoms with Crippen LogP contribution in [0, 0.1) is 6.92 Å². The number of para-hydroxylation sites is 3. The SMILES string of the molecule is Cc1cc(Nc2cccc(C(=O)Nc3cccc(Nc4ccccc4-[n+]4ccc(Nc5cccc(C(=O)Nc6cccc(Nc7ccccc7)c6)c5)cc4N)c3)c2)cc(N)n1. The van der Waals surface area contributed by atoms with Crippen LogP contribution in [0.2, 0.25) is 0 Å². The first-order valence-corrected chi connectivity index (χ1v) is 19.5. The van der Waals surface area contributed by atoms with E-state index in [0.717, 1.165) is 56.9 Å². The lowest BCUT2D eigenvalue weighted by atomic mass is 10.1. The van der Waals surface area contributed by atoms with Gasteiger partial charge in [0.05, 0.1) is 23.6 Å². The summed E-state index contributed by atoms with van der Waals surface area (Å²) in [5, 5.41) is 19.5. The van der Waals surface area contributed by atoms with Gasteiger partial charge in [-0.2, -0.15) is 4.57 Å². The lowest BCUT2D eigenvalue weighted by Gasteiger charge is -2.14. The molecule has 0 atom stereocenters. The molecule has 0 unspecified atom stereocenters. The normalized spacial score (nSPS) is 10.6. The molecule has 10 N–H and O–H groups in total. The van der Waals surface area contributed by atoms with E-state index in [-0.39, 0.29) is 11.8 Å². The van der Waals surface area contributed by atoms with Crippen molar-refractivity contribution in [2.24, 2.45) is 0 Å². The van der Waals surface area contributed by atoms with Crippen molar-refractivity contribution in [2.75, 3.05) is 43.4 Å². The quantitative estimate of drug-likeness (QED) is 0.0528. The molecule has 0 fully saturated rings. The van der Waals surface area contributed by atoms with Gasteiger partial charge in [0.25, 0.3) is 17.6 Å². The minimum atomic E-state index is -0.253. The average molecular weight is 804 g/mol. The number of nitrogen functional groups attached to an aromatic ring is 2. The summed E-state index contributed by atoms with van der Waals surface area (Å²) in [5.74, 6) is 0.415. The summed E-state index contributed by atoms with van der Waals surface area (Å²) in [4.78, 5) is 30.9.